The van der Waals surface area contributed by atoms with E-state index in [0.717, 1.165) is 25.1 Å². The molecule has 0 aromatic heterocycles. The minimum absolute atomic E-state index is 0. The Balaban J connectivity index is 0.00000242. The molecule has 1 aliphatic rings. The van der Waals surface area contributed by atoms with Gasteiger partial charge in [-0.25, -0.2) is 0 Å². The molecule has 1 saturated heterocycles. The molecule has 7 heteroatoms. The van der Waals surface area contributed by atoms with Crippen molar-refractivity contribution in [1.29, 1.82) is 0 Å². The molecule has 2 amide bonds. The Hall–Kier alpha value is -1.79. The maximum Gasteiger partial charge on any atom is 0.257 e. The van der Waals surface area contributed by atoms with Crippen molar-refractivity contribution in [2.45, 2.75) is 19.3 Å². The first-order valence-corrected chi connectivity index (χ1v) is 7.20. The standard InChI is InChI=1S/C15H21N3O3.ClH/c16-8-2-9-17-14(19)11-21-13-6-4-12(5-7-13)18-10-1-3-15(18)20;/h4-7H,1-3,8-11,16H2,(H,17,19);1H. The van der Waals surface area contributed by atoms with Crippen LogP contribution >= 0.6 is 12.4 Å². The molecule has 1 heterocycles. The van der Waals surface area contributed by atoms with Crippen LogP contribution in [0, 0.1) is 0 Å². The lowest BCUT2D eigenvalue weighted by molar-refractivity contribution is -0.123. The smallest absolute Gasteiger partial charge is 0.257 e. The van der Waals surface area contributed by atoms with Crippen LogP contribution in [0.5, 0.6) is 5.75 Å². The number of benzene rings is 1. The maximum absolute atomic E-state index is 11.6. The van der Waals surface area contributed by atoms with Crippen LogP contribution in [0.25, 0.3) is 0 Å². The summed E-state index contributed by atoms with van der Waals surface area (Å²) in [5, 5.41) is 2.72. The van der Waals surface area contributed by atoms with Crippen molar-refractivity contribution >= 4 is 29.9 Å². The van der Waals surface area contributed by atoms with E-state index < -0.39 is 0 Å². The van der Waals surface area contributed by atoms with Crippen molar-refractivity contribution in [2.24, 2.45) is 5.73 Å². The van der Waals surface area contributed by atoms with Crippen molar-refractivity contribution in [3.63, 3.8) is 0 Å². The highest BCUT2D eigenvalue weighted by Gasteiger charge is 2.21. The Kier molecular flexibility index (Phi) is 7.70. The fraction of sp³-hybridized carbons (Fsp3) is 0.467. The summed E-state index contributed by atoms with van der Waals surface area (Å²) in [5.74, 6) is 0.601. The number of rotatable bonds is 7. The number of carbonyl (C=O) groups is 2. The van der Waals surface area contributed by atoms with E-state index in [-0.39, 0.29) is 30.8 Å². The summed E-state index contributed by atoms with van der Waals surface area (Å²) in [6, 6.07) is 7.22. The van der Waals surface area contributed by atoms with Gasteiger partial charge in [0.25, 0.3) is 5.91 Å². The molecule has 0 spiro atoms. The average Bonchev–Trinajstić information content (AvgIpc) is 2.92. The molecular formula is C15H22ClN3O3. The molecule has 3 N–H and O–H groups in total. The van der Waals surface area contributed by atoms with Gasteiger partial charge in [0, 0.05) is 25.2 Å². The molecule has 122 valence electrons. The third-order valence-corrected chi connectivity index (χ3v) is 3.29. The lowest BCUT2D eigenvalue weighted by atomic mass is 10.3. The van der Waals surface area contributed by atoms with Gasteiger partial charge in [0.15, 0.2) is 6.61 Å². The van der Waals surface area contributed by atoms with Crippen LogP contribution < -0.4 is 20.7 Å². The number of hydrogen-bond acceptors (Lipinski definition) is 4. The van der Waals surface area contributed by atoms with E-state index in [4.69, 9.17) is 10.5 Å². The Morgan fingerprint density at radius 1 is 1.32 bits per heavy atom. The molecule has 0 unspecified atom stereocenters. The number of carbonyl (C=O) groups excluding carboxylic acids is 2. The van der Waals surface area contributed by atoms with Crippen LogP contribution in [0.15, 0.2) is 24.3 Å². The minimum atomic E-state index is -0.165. The number of anilines is 1. The summed E-state index contributed by atoms with van der Waals surface area (Å²) in [7, 11) is 0. The first kappa shape index (κ1) is 18.3. The number of nitrogens with zero attached hydrogens (tertiary/aromatic N) is 1. The zero-order valence-corrected chi connectivity index (χ0v) is 13.2. The predicted molar refractivity (Wildman–Crippen MR) is 87.5 cm³/mol. The predicted octanol–water partition coefficient (Wildman–Crippen LogP) is 1.08. The normalized spacial score (nSPS) is 13.7. The molecule has 1 aliphatic heterocycles. The highest BCUT2D eigenvalue weighted by Crippen LogP contribution is 2.23. The molecule has 22 heavy (non-hydrogen) atoms. The van der Waals surface area contributed by atoms with Gasteiger partial charge in [-0.05, 0) is 43.7 Å². The summed E-state index contributed by atoms with van der Waals surface area (Å²) in [6.45, 7) is 1.86. The van der Waals surface area contributed by atoms with E-state index >= 15 is 0 Å². The number of nitrogens with one attached hydrogen (secondary N) is 1. The molecule has 6 nitrogen and oxygen atoms in total. The average molecular weight is 328 g/mol. The van der Waals surface area contributed by atoms with Gasteiger partial charge < -0.3 is 20.7 Å². The van der Waals surface area contributed by atoms with Crippen molar-refractivity contribution in [3.8, 4) is 5.75 Å². The SMILES string of the molecule is Cl.NCCCNC(=O)COc1ccc(N2CCCC2=O)cc1. The van der Waals surface area contributed by atoms with Crippen LogP contribution in [0.3, 0.4) is 0 Å². The molecule has 0 saturated carbocycles. The molecular weight excluding hydrogens is 306 g/mol. The van der Waals surface area contributed by atoms with Gasteiger partial charge in [0.2, 0.25) is 5.91 Å². The molecule has 0 bridgehead atoms. The van der Waals surface area contributed by atoms with Crippen LogP contribution in [0.1, 0.15) is 19.3 Å². The van der Waals surface area contributed by atoms with Gasteiger partial charge in [0.1, 0.15) is 5.75 Å². The van der Waals surface area contributed by atoms with Gasteiger partial charge in [0.05, 0.1) is 0 Å². The van der Waals surface area contributed by atoms with E-state index in [0.29, 0.717) is 25.3 Å². The first-order chi connectivity index (χ1) is 10.2. The lowest BCUT2D eigenvalue weighted by Gasteiger charge is -2.16. The number of hydrogen-bond donors (Lipinski definition) is 2. The number of halogens is 1. The van der Waals surface area contributed by atoms with E-state index in [1.54, 1.807) is 17.0 Å². The van der Waals surface area contributed by atoms with E-state index in [2.05, 4.69) is 5.32 Å². The second-order valence-electron chi connectivity index (χ2n) is 4.92. The molecule has 2 rings (SSSR count). The summed E-state index contributed by atoms with van der Waals surface area (Å²) in [6.07, 6.45) is 2.27. The van der Waals surface area contributed by atoms with Crippen LogP contribution in [0.4, 0.5) is 5.69 Å². The largest absolute Gasteiger partial charge is 0.484 e. The van der Waals surface area contributed by atoms with Crippen LogP contribution in [-0.2, 0) is 9.59 Å². The zero-order valence-electron chi connectivity index (χ0n) is 12.4. The fourth-order valence-corrected chi connectivity index (χ4v) is 2.17. The molecule has 0 radical (unpaired) electrons. The Bertz CT molecular complexity index is 493. The zero-order chi connectivity index (χ0) is 15.1. The van der Waals surface area contributed by atoms with Gasteiger partial charge in [-0.15, -0.1) is 12.4 Å². The number of nitrogens with two attached hydrogens (primary N) is 1. The molecule has 1 fully saturated rings. The lowest BCUT2D eigenvalue weighted by Crippen LogP contribution is -2.30. The number of amides is 2. The van der Waals surface area contributed by atoms with Gasteiger partial charge in [-0.1, -0.05) is 0 Å². The minimum Gasteiger partial charge on any atom is -0.484 e. The van der Waals surface area contributed by atoms with Crippen molar-refractivity contribution < 1.29 is 14.3 Å². The van der Waals surface area contributed by atoms with Crippen molar-refractivity contribution in [3.05, 3.63) is 24.3 Å². The third kappa shape index (κ3) is 5.20. The van der Waals surface area contributed by atoms with E-state index in [1.807, 2.05) is 12.1 Å². The third-order valence-electron chi connectivity index (χ3n) is 3.29. The summed E-state index contributed by atoms with van der Waals surface area (Å²) in [5.41, 5.74) is 6.22. The number of ether oxygens (including phenoxy) is 1. The molecule has 1 aromatic carbocycles. The first-order valence-electron chi connectivity index (χ1n) is 7.20. The van der Waals surface area contributed by atoms with Crippen molar-refractivity contribution in [1.82, 2.24) is 5.32 Å². The monoisotopic (exact) mass is 327 g/mol. The van der Waals surface area contributed by atoms with Crippen LogP contribution in [-0.4, -0.2) is 38.1 Å². The molecule has 0 atom stereocenters. The van der Waals surface area contributed by atoms with Crippen LogP contribution in [0.2, 0.25) is 0 Å². The molecule has 0 aliphatic carbocycles. The van der Waals surface area contributed by atoms with Gasteiger partial charge >= 0.3 is 0 Å². The van der Waals surface area contributed by atoms with E-state index in [9.17, 15) is 9.59 Å². The highest BCUT2D eigenvalue weighted by molar-refractivity contribution is 5.95. The quantitative estimate of drug-likeness (QED) is 0.734. The summed E-state index contributed by atoms with van der Waals surface area (Å²) in [4.78, 5) is 24.9. The topological polar surface area (TPSA) is 84.7 Å². The second kappa shape index (κ2) is 9.27. The highest BCUT2D eigenvalue weighted by atomic mass is 35.5. The summed E-state index contributed by atoms with van der Waals surface area (Å²) < 4.78 is 5.40. The Morgan fingerprint density at radius 3 is 2.64 bits per heavy atom. The second-order valence-corrected chi connectivity index (χ2v) is 4.92. The van der Waals surface area contributed by atoms with Crippen molar-refractivity contribution in [2.75, 3.05) is 31.1 Å². The van der Waals surface area contributed by atoms with E-state index in [1.165, 1.54) is 0 Å². The Labute approximate surface area is 136 Å². The fourth-order valence-electron chi connectivity index (χ4n) is 2.17. The van der Waals surface area contributed by atoms with Gasteiger partial charge in [-0.3, -0.25) is 9.59 Å². The molecule has 1 aromatic rings. The van der Waals surface area contributed by atoms with Gasteiger partial charge in [-0.2, -0.15) is 0 Å². The summed E-state index contributed by atoms with van der Waals surface area (Å²) >= 11 is 0. The maximum atomic E-state index is 11.6. The Morgan fingerprint density at radius 2 is 2.05 bits per heavy atom.